The van der Waals surface area contributed by atoms with Gasteiger partial charge in [-0.15, -0.1) is 0 Å². The molecule has 5 nitrogen and oxygen atoms in total. The molecule has 2 rings (SSSR count). The Balaban J connectivity index is 2.95. The molecule has 1 N–H and O–H groups in total. The summed E-state index contributed by atoms with van der Waals surface area (Å²) in [7, 11) is -4.68. The maximum atomic E-state index is 11.0. The molecule has 0 saturated carbocycles. The number of aromatic nitrogens is 1. The molecule has 1 heterocycles. The molecule has 0 aliphatic rings. The van der Waals surface area contributed by atoms with Gasteiger partial charge in [0.25, 0.3) is 0 Å². The average Bonchev–Trinajstić information content (AvgIpc) is 2.28. The van der Waals surface area contributed by atoms with E-state index < -0.39 is 20.8 Å². The van der Waals surface area contributed by atoms with Gasteiger partial charge in [0.15, 0.2) is 16.8 Å². The van der Waals surface area contributed by atoms with Crippen LogP contribution in [0.3, 0.4) is 0 Å². The van der Waals surface area contributed by atoms with Crippen molar-refractivity contribution in [2.24, 2.45) is 0 Å². The van der Waals surface area contributed by atoms with Crippen LogP contribution in [0.1, 0.15) is 6.92 Å². The van der Waals surface area contributed by atoms with Crippen molar-refractivity contribution in [1.29, 1.82) is 0 Å². The molecule has 0 bridgehead atoms. The number of hydrogen-bond donors (Lipinski definition) is 1. The molecule has 0 atom stereocenters. The first-order chi connectivity index (χ1) is 7.95. The van der Waals surface area contributed by atoms with Gasteiger partial charge in [-0.25, -0.2) is 8.42 Å². The molecular formula is C11H11NO4S. The Morgan fingerprint density at radius 1 is 1.35 bits per heavy atom. The van der Waals surface area contributed by atoms with Crippen LogP contribution in [0.25, 0.3) is 10.9 Å². The predicted molar refractivity (Wildman–Crippen MR) is 59.4 cm³/mol. The number of fused-ring (bicyclic) bond motifs is 1. The summed E-state index contributed by atoms with van der Waals surface area (Å²) in [5, 5.41) is 10.2. The number of nitrogens with zero attached hydrogens (tertiary/aromatic N) is 1. The quantitative estimate of drug-likeness (QED) is 0.632. The van der Waals surface area contributed by atoms with Crippen molar-refractivity contribution < 1.29 is 22.6 Å². The number of aryl methyl sites for hydroxylation is 1. The van der Waals surface area contributed by atoms with Gasteiger partial charge in [0, 0.05) is 6.07 Å². The predicted octanol–water partition coefficient (Wildman–Crippen LogP) is 0.757. The van der Waals surface area contributed by atoms with E-state index in [1.165, 1.54) is 6.20 Å². The van der Waals surface area contributed by atoms with Crippen molar-refractivity contribution in [3.8, 4) is 5.75 Å². The minimum absolute atomic E-state index is 0.353. The topological polar surface area (TPSA) is 81.3 Å². The van der Waals surface area contributed by atoms with Gasteiger partial charge in [0.05, 0.1) is 5.39 Å². The Morgan fingerprint density at radius 3 is 2.59 bits per heavy atom. The molecule has 0 saturated heterocycles. The molecule has 17 heavy (non-hydrogen) atoms. The first-order valence-corrected chi connectivity index (χ1v) is 6.46. The van der Waals surface area contributed by atoms with Crippen LogP contribution in [-0.2, 0) is 16.7 Å². The zero-order chi connectivity index (χ0) is 12.6. The zero-order valence-corrected chi connectivity index (χ0v) is 9.94. The number of pyridine rings is 1. The summed E-state index contributed by atoms with van der Waals surface area (Å²) >= 11 is 0. The van der Waals surface area contributed by atoms with Crippen LogP contribution >= 0.6 is 0 Å². The van der Waals surface area contributed by atoms with Gasteiger partial charge in [0.1, 0.15) is 16.7 Å². The van der Waals surface area contributed by atoms with Crippen LogP contribution < -0.4 is 4.57 Å². The van der Waals surface area contributed by atoms with Crippen LogP contribution in [0.5, 0.6) is 5.75 Å². The van der Waals surface area contributed by atoms with E-state index in [0.29, 0.717) is 17.4 Å². The van der Waals surface area contributed by atoms with Crippen LogP contribution in [0, 0.1) is 0 Å². The summed E-state index contributed by atoms with van der Waals surface area (Å²) in [5.41, 5.74) is 0.680. The standard InChI is InChI=1S/C11H11NO4S/c1-2-12-7-10(17(14,15)16)11(13)8-5-3-4-6-9(8)12/h3-7H,2H2,1H3,(H,14,15,16). The van der Waals surface area contributed by atoms with Crippen LogP contribution in [0.15, 0.2) is 35.4 Å². The number of benzene rings is 1. The Hall–Kier alpha value is -1.66. The second kappa shape index (κ2) is 3.97. The van der Waals surface area contributed by atoms with Gasteiger partial charge >= 0.3 is 0 Å². The normalized spacial score (nSPS) is 11.9. The van der Waals surface area contributed by atoms with E-state index in [0.717, 1.165) is 0 Å². The highest BCUT2D eigenvalue weighted by molar-refractivity contribution is 7.85. The minimum atomic E-state index is -4.68. The highest BCUT2D eigenvalue weighted by atomic mass is 32.2. The molecule has 6 heteroatoms. The first-order valence-electron chi connectivity index (χ1n) is 5.05. The molecule has 1 aromatic heterocycles. The third kappa shape index (κ3) is 1.96. The molecule has 0 aliphatic carbocycles. The molecule has 0 radical (unpaired) electrons. The third-order valence-corrected chi connectivity index (χ3v) is 3.42. The second-order valence-electron chi connectivity index (χ2n) is 3.60. The third-order valence-electron chi connectivity index (χ3n) is 2.59. The summed E-state index contributed by atoms with van der Waals surface area (Å²) in [4.78, 5) is -0.585. The largest absolute Gasteiger partial charge is 0.744 e. The van der Waals surface area contributed by atoms with Gasteiger partial charge in [0.2, 0.25) is 5.52 Å². The van der Waals surface area contributed by atoms with Gasteiger partial charge in [-0.1, -0.05) is 12.1 Å². The lowest BCUT2D eigenvalue weighted by Crippen LogP contribution is -2.33. The molecule has 90 valence electrons. The maximum Gasteiger partial charge on any atom is 0.216 e. The van der Waals surface area contributed by atoms with Crippen molar-refractivity contribution in [2.45, 2.75) is 18.4 Å². The van der Waals surface area contributed by atoms with Crippen LogP contribution in [0.4, 0.5) is 0 Å². The minimum Gasteiger partial charge on any atom is -0.744 e. The molecule has 2 aromatic rings. The van der Waals surface area contributed by atoms with E-state index in [1.54, 1.807) is 28.8 Å². The highest BCUT2D eigenvalue weighted by Crippen LogP contribution is 2.28. The maximum absolute atomic E-state index is 11.0. The second-order valence-corrected chi connectivity index (χ2v) is 4.95. The molecule has 0 spiro atoms. The Bertz CT molecular complexity index is 679. The van der Waals surface area contributed by atoms with Crippen molar-refractivity contribution in [2.75, 3.05) is 0 Å². The molecule has 0 unspecified atom stereocenters. The van der Waals surface area contributed by atoms with E-state index in [4.69, 9.17) is 0 Å². The Labute approximate surface area is 98.7 Å². The van der Waals surface area contributed by atoms with Crippen molar-refractivity contribution in [3.05, 3.63) is 30.5 Å². The molecule has 0 fully saturated rings. The first kappa shape index (κ1) is 11.8. The van der Waals surface area contributed by atoms with Gasteiger partial charge in [-0.3, -0.25) is 0 Å². The van der Waals surface area contributed by atoms with E-state index in [-0.39, 0.29) is 0 Å². The number of para-hydroxylation sites is 1. The summed E-state index contributed by atoms with van der Waals surface area (Å²) in [6.45, 7) is 2.33. The van der Waals surface area contributed by atoms with E-state index in [2.05, 4.69) is 0 Å². The van der Waals surface area contributed by atoms with Crippen LogP contribution in [-0.4, -0.2) is 18.1 Å². The lowest BCUT2D eigenvalue weighted by atomic mass is 10.2. The average molecular weight is 253 g/mol. The monoisotopic (exact) mass is 253 g/mol. The fourth-order valence-corrected chi connectivity index (χ4v) is 2.38. The SMILES string of the molecule is CC[n+]1cc(S(=O)(=O)[O-])c(O)c2ccccc21. The zero-order valence-electron chi connectivity index (χ0n) is 9.12. The van der Waals surface area contributed by atoms with Gasteiger partial charge < -0.3 is 9.66 Å². The smallest absolute Gasteiger partial charge is 0.216 e. The molecule has 1 aromatic carbocycles. The molecule has 0 amide bonds. The molecule has 0 aliphatic heterocycles. The van der Waals surface area contributed by atoms with Crippen LogP contribution in [0.2, 0.25) is 0 Å². The van der Waals surface area contributed by atoms with Crippen molar-refractivity contribution in [1.82, 2.24) is 0 Å². The summed E-state index contributed by atoms with van der Waals surface area (Å²) in [5.74, 6) is -0.486. The Kier molecular flexibility index (Phi) is 2.76. The van der Waals surface area contributed by atoms with E-state index >= 15 is 0 Å². The van der Waals surface area contributed by atoms with E-state index in [1.807, 2.05) is 6.92 Å². The van der Waals surface area contributed by atoms with Crippen molar-refractivity contribution >= 4 is 21.0 Å². The number of aromatic hydroxyl groups is 1. The fraction of sp³-hybridized carbons (Fsp3) is 0.182. The molecular weight excluding hydrogens is 242 g/mol. The Morgan fingerprint density at radius 2 is 2.00 bits per heavy atom. The lowest BCUT2D eigenvalue weighted by molar-refractivity contribution is -0.669. The summed E-state index contributed by atoms with van der Waals surface area (Å²) < 4.78 is 34.7. The fourth-order valence-electron chi connectivity index (χ4n) is 1.77. The van der Waals surface area contributed by atoms with Crippen molar-refractivity contribution in [3.63, 3.8) is 0 Å². The summed E-state index contributed by atoms with van der Waals surface area (Å²) in [6.07, 6.45) is 1.17. The summed E-state index contributed by atoms with van der Waals surface area (Å²) in [6, 6.07) is 6.77. The van der Waals surface area contributed by atoms with E-state index in [9.17, 15) is 18.1 Å². The van der Waals surface area contributed by atoms with Gasteiger partial charge in [-0.05, 0) is 13.0 Å². The lowest BCUT2D eigenvalue weighted by Gasteiger charge is -2.10. The number of rotatable bonds is 2. The van der Waals surface area contributed by atoms with Gasteiger partial charge in [-0.2, -0.15) is 4.57 Å². The highest BCUT2D eigenvalue weighted by Gasteiger charge is 2.20. The number of hydrogen-bond acceptors (Lipinski definition) is 4.